The van der Waals surface area contributed by atoms with Gasteiger partial charge in [0.2, 0.25) is 0 Å². The van der Waals surface area contributed by atoms with E-state index in [4.69, 9.17) is 23.2 Å². The average Bonchev–Trinajstić information content (AvgIpc) is 2.98. The summed E-state index contributed by atoms with van der Waals surface area (Å²) in [6.07, 6.45) is 4.84. The lowest BCUT2D eigenvalue weighted by Crippen LogP contribution is -1.92. The summed E-state index contributed by atoms with van der Waals surface area (Å²) in [4.78, 5) is 0. The lowest BCUT2D eigenvalue weighted by Gasteiger charge is -2.07. The summed E-state index contributed by atoms with van der Waals surface area (Å²) in [5.74, 6) is 0. The second kappa shape index (κ2) is 5.74. The molecule has 0 aliphatic carbocycles. The summed E-state index contributed by atoms with van der Waals surface area (Å²) < 4.78 is 2.08. The minimum atomic E-state index is 0.716. The molecule has 0 spiro atoms. The molecule has 20 heavy (non-hydrogen) atoms. The van der Waals surface area contributed by atoms with E-state index >= 15 is 0 Å². The quantitative estimate of drug-likeness (QED) is 0.612. The maximum atomic E-state index is 6.20. The highest BCUT2D eigenvalue weighted by Gasteiger charge is 2.03. The topological polar surface area (TPSA) is 4.93 Å². The summed E-state index contributed by atoms with van der Waals surface area (Å²) in [6, 6.07) is 18.0. The van der Waals surface area contributed by atoms with Crippen LogP contribution in [0.4, 0.5) is 0 Å². The smallest absolute Gasteiger partial charge is 0.0449 e. The number of halogens is 2. The van der Waals surface area contributed by atoms with Crippen LogP contribution in [0.1, 0.15) is 11.1 Å². The molecule has 0 saturated heterocycles. The first kappa shape index (κ1) is 13.3. The fraction of sp³-hybridized carbons (Fsp3) is 0.0588. The zero-order valence-electron chi connectivity index (χ0n) is 10.8. The van der Waals surface area contributed by atoms with E-state index in [0.717, 1.165) is 22.7 Å². The molecule has 0 aliphatic rings. The predicted octanol–water partition coefficient (Wildman–Crippen LogP) is 5.37. The van der Waals surface area contributed by atoms with Crippen molar-refractivity contribution in [1.82, 2.24) is 4.57 Å². The maximum Gasteiger partial charge on any atom is 0.0449 e. The summed E-state index contributed by atoms with van der Waals surface area (Å²) >= 11 is 12.2. The van der Waals surface area contributed by atoms with Gasteiger partial charge in [0.25, 0.3) is 0 Å². The third kappa shape index (κ3) is 2.90. The zero-order chi connectivity index (χ0) is 13.9. The second-order valence-corrected chi connectivity index (χ2v) is 5.51. The lowest BCUT2D eigenvalue weighted by atomic mass is 10.0. The van der Waals surface area contributed by atoms with Gasteiger partial charge >= 0.3 is 0 Å². The Hall–Kier alpha value is -1.70. The van der Waals surface area contributed by atoms with Crippen molar-refractivity contribution in [1.29, 1.82) is 0 Å². The van der Waals surface area contributed by atoms with Gasteiger partial charge in [-0.15, -0.1) is 0 Å². The Morgan fingerprint density at radius 3 is 2.25 bits per heavy atom. The Morgan fingerprint density at radius 1 is 0.850 bits per heavy atom. The molecule has 0 aliphatic heterocycles. The summed E-state index contributed by atoms with van der Waals surface area (Å²) in [5.41, 5.74) is 3.41. The van der Waals surface area contributed by atoms with Gasteiger partial charge in [-0.05, 0) is 60.0 Å². The van der Waals surface area contributed by atoms with Gasteiger partial charge in [0.15, 0.2) is 0 Å². The van der Waals surface area contributed by atoms with Gasteiger partial charge in [-0.1, -0.05) is 35.3 Å². The van der Waals surface area contributed by atoms with Crippen molar-refractivity contribution in [2.24, 2.45) is 0 Å². The minimum absolute atomic E-state index is 0.716. The van der Waals surface area contributed by atoms with Crippen molar-refractivity contribution in [3.05, 3.63) is 88.2 Å². The number of aromatic nitrogens is 1. The molecule has 0 saturated carbocycles. The third-order valence-electron chi connectivity index (χ3n) is 3.24. The molecular formula is C17H13Cl2N. The Labute approximate surface area is 128 Å². The van der Waals surface area contributed by atoms with Crippen LogP contribution >= 0.6 is 23.2 Å². The van der Waals surface area contributed by atoms with E-state index in [1.165, 1.54) is 5.56 Å². The number of benzene rings is 2. The molecule has 1 nitrogen and oxygen atoms in total. The van der Waals surface area contributed by atoms with Gasteiger partial charge in [0.05, 0.1) is 0 Å². The first-order valence-electron chi connectivity index (χ1n) is 6.38. The Bertz CT molecular complexity index is 700. The largest absolute Gasteiger partial charge is 0.324 e. The van der Waals surface area contributed by atoms with E-state index in [9.17, 15) is 0 Å². The molecule has 1 aromatic heterocycles. The van der Waals surface area contributed by atoms with E-state index in [2.05, 4.69) is 28.8 Å². The van der Waals surface area contributed by atoms with Crippen LogP contribution in [-0.2, 0) is 6.42 Å². The Kier molecular flexibility index (Phi) is 3.81. The van der Waals surface area contributed by atoms with Crippen molar-refractivity contribution in [2.45, 2.75) is 6.42 Å². The van der Waals surface area contributed by atoms with Gasteiger partial charge in [-0.25, -0.2) is 0 Å². The van der Waals surface area contributed by atoms with Crippen LogP contribution in [0.3, 0.4) is 0 Å². The van der Waals surface area contributed by atoms with E-state index in [1.54, 1.807) is 0 Å². The van der Waals surface area contributed by atoms with Crippen LogP contribution in [0.5, 0.6) is 0 Å². The maximum absolute atomic E-state index is 6.20. The first-order chi connectivity index (χ1) is 9.72. The molecule has 0 amide bonds. The third-order valence-corrected chi connectivity index (χ3v) is 3.85. The van der Waals surface area contributed by atoms with Crippen LogP contribution in [-0.4, -0.2) is 4.57 Å². The molecule has 0 N–H and O–H groups in total. The zero-order valence-corrected chi connectivity index (χ0v) is 12.3. The molecule has 0 radical (unpaired) electrons. The standard InChI is InChI=1S/C17H13Cl2N/c18-15-5-8-17(19)14(12-15)11-13-3-6-16(7-4-13)20-9-1-2-10-20/h1-10,12H,11H2. The normalized spacial score (nSPS) is 10.7. The summed E-state index contributed by atoms with van der Waals surface area (Å²) in [6.45, 7) is 0. The van der Waals surface area contributed by atoms with Crippen LogP contribution in [0.25, 0.3) is 5.69 Å². The SMILES string of the molecule is Clc1ccc(Cl)c(Cc2ccc(-n3cccc3)cc2)c1. The van der Waals surface area contributed by atoms with E-state index < -0.39 is 0 Å². The molecule has 1 heterocycles. The molecule has 0 unspecified atom stereocenters. The van der Waals surface area contributed by atoms with Crippen LogP contribution in [0.15, 0.2) is 67.0 Å². The molecule has 0 atom stereocenters. The molecule has 3 heteroatoms. The summed E-state index contributed by atoms with van der Waals surface area (Å²) in [5, 5.41) is 1.47. The molecular weight excluding hydrogens is 289 g/mol. The second-order valence-electron chi connectivity index (χ2n) is 4.67. The van der Waals surface area contributed by atoms with Crippen molar-refractivity contribution in [3.63, 3.8) is 0 Å². The number of rotatable bonds is 3. The lowest BCUT2D eigenvalue weighted by molar-refractivity contribution is 1.07. The molecule has 3 aromatic rings. The fourth-order valence-corrected chi connectivity index (χ4v) is 2.57. The fourth-order valence-electron chi connectivity index (χ4n) is 2.19. The monoisotopic (exact) mass is 301 g/mol. The Morgan fingerprint density at radius 2 is 1.55 bits per heavy atom. The van der Waals surface area contributed by atoms with Crippen molar-refractivity contribution in [3.8, 4) is 5.69 Å². The highest BCUT2D eigenvalue weighted by molar-refractivity contribution is 6.33. The number of nitrogens with zero attached hydrogens (tertiary/aromatic N) is 1. The molecule has 0 bridgehead atoms. The van der Waals surface area contributed by atoms with Gasteiger partial charge in [-0.3, -0.25) is 0 Å². The van der Waals surface area contributed by atoms with E-state index in [-0.39, 0.29) is 0 Å². The average molecular weight is 302 g/mol. The van der Waals surface area contributed by atoms with Crippen LogP contribution < -0.4 is 0 Å². The van der Waals surface area contributed by atoms with Crippen molar-refractivity contribution >= 4 is 23.2 Å². The van der Waals surface area contributed by atoms with Crippen LogP contribution in [0.2, 0.25) is 10.0 Å². The van der Waals surface area contributed by atoms with Crippen molar-refractivity contribution in [2.75, 3.05) is 0 Å². The Balaban J connectivity index is 1.83. The summed E-state index contributed by atoms with van der Waals surface area (Å²) in [7, 11) is 0. The van der Waals surface area contributed by atoms with Crippen molar-refractivity contribution < 1.29 is 0 Å². The van der Waals surface area contributed by atoms with Gasteiger partial charge in [0.1, 0.15) is 0 Å². The molecule has 100 valence electrons. The minimum Gasteiger partial charge on any atom is -0.324 e. The van der Waals surface area contributed by atoms with Crippen LogP contribution in [0, 0.1) is 0 Å². The molecule has 3 rings (SSSR count). The highest BCUT2D eigenvalue weighted by atomic mass is 35.5. The van der Waals surface area contributed by atoms with Gasteiger partial charge in [-0.2, -0.15) is 0 Å². The molecule has 2 aromatic carbocycles. The highest BCUT2D eigenvalue weighted by Crippen LogP contribution is 2.23. The van der Waals surface area contributed by atoms with E-state index in [1.807, 2.05) is 42.7 Å². The van der Waals surface area contributed by atoms with Gasteiger partial charge < -0.3 is 4.57 Å². The molecule has 0 fully saturated rings. The first-order valence-corrected chi connectivity index (χ1v) is 7.14. The van der Waals surface area contributed by atoms with E-state index in [0.29, 0.717) is 5.02 Å². The number of hydrogen-bond acceptors (Lipinski definition) is 0. The number of hydrogen-bond donors (Lipinski definition) is 0. The van der Waals surface area contributed by atoms with Gasteiger partial charge in [0, 0.05) is 28.1 Å². The predicted molar refractivity (Wildman–Crippen MR) is 85.0 cm³/mol.